The largest absolute Gasteiger partial charge is 0.312 e. The summed E-state index contributed by atoms with van der Waals surface area (Å²) < 4.78 is 2.33. The molecular weight excluding hydrogens is 454 g/mol. The van der Waals surface area contributed by atoms with Gasteiger partial charge in [0.1, 0.15) is 10.9 Å². The van der Waals surface area contributed by atoms with Crippen LogP contribution >= 0.6 is 7.92 Å². The molecule has 0 saturated heterocycles. The van der Waals surface area contributed by atoms with Crippen LogP contribution in [0.4, 0.5) is 0 Å². The van der Waals surface area contributed by atoms with Crippen LogP contribution in [0.1, 0.15) is 5.56 Å². The predicted octanol–water partition coefficient (Wildman–Crippen LogP) is 2.23. The first-order chi connectivity index (χ1) is 17.8. The van der Waals surface area contributed by atoms with E-state index in [9.17, 15) is 0 Å². The van der Waals surface area contributed by atoms with Crippen LogP contribution in [0.15, 0.2) is 127 Å². The predicted molar refractivity (Wildman–Crippen MR) is 153 cm³/mol. The van der Waals surface area contributed by atoms with Crippen LogP contribution in [0.25, 0.3) is 11.8 Å². The van der Waals surface area contributed by atoms with E-state index in [0.717, 1.165) is 22.8 Å². The molecule has 0 unspecified atom stereocenters. The first kappa shape index (κ1) is 22.4. The lowest BCUT2D eigenvalue weighted by Gasteiger charge is -2.20. The zero-order chi connectivity index (χ0) is 24.2. The van der Waals surface area contributed by atoms with Gasteiger partial charge in [0.25, 0.3) is 0 Å². The topological polar surface area (TPSA) is 17.8 Å². The van der Waals surface area contributed by atoms with Crippen molar-refractivity contribution in [2.45, 2.75) is 6.54 Å². The van der Waals surface area contributed by atoms with Gasteiger partial charge in [-0.3, -0.25) is 0 Å². The molecular formula is C32H23BN2P. The third kappa shape index (κ3) is 4.69. The summed E-state index contributed by atoms with van der Waals surface area (Å²) in [6.07, 6.45) is 3.93. The average molecular weight is 477 g/mol. The van der Waals surface area contributed by atoms with E-state index in [1.54, 1.807) is 0 Å². The van der Waals surface area contributed by atoms with Crippen molar-refractivity contribution >= 4 is 54.1 Å². The second-order valence-corrected chi connectivity index (χ2v) is 10.7. The maximum absolute atomic E-state index is 5.17. The highest BCUT2D eigenvalue weighted by atomic mass is 31.1. The van der Waals surface area contributed by atoms with Crippen molar-refractivity contribution in [3.05, 3.63) is 143 Å². The van der Waals surface area contributed by atoms with Crippen molar-refractivity contribution < 1.29 is 0 Å². The normalized spacial score (nSPS) is 11.6. The van der Waals surface area contributed by atoms with Gasteiger partial charge >= 0.3 is 0 Å². The quantitative estimate of drug-likeness (QED) is 0.200. The number of aromatic nitrogens is 2. The number of benzene rings is 4. The maximum atomic E-state index is 5.17. The summed E-state index contributed by atoms with van der Waals surface area (Å²) in [4.78, 5) is 5.17. The van der Waals surface area contributed by atoms with Crippen LogP contribution < -0.4 is 37.8 Å². The summed E-state index contributed by atoms with van der Waals surface area (Å²) in [5.41, 5.74) is 11.2. The molecule has 1 aliphatic carbocycles. The van der Waals surface area contributed by atoms with Gasteiger partial charge in [-0.05, 0) is 34.1 Å². The van der Waals surface area contributed by atoms with Gasteiger partial charge in [-0.15, -0.1) is 0 Å². The van der Waals surface area contributed by atoms with Crippen molar-refractivity contribution in [2.75, 3.05) is 0 Å². The molecule has 1 aliphatic rings. The second kappa shape index (κ2) is 10.2. The molecule has 4 heteroatoms. The van der Waals surface area contributed by atoms with Crippen molar-refractivity contribution in [1.29, 1.82) is 0 Å². The Labute approximate surface area is 213 Å². The highest BCUT2D eigenvalue weighted by Gasteiger charge is 2.23. The molecule has 36 heavy (non-hydrogen) atoms. The molecule has 0 amide bonds. The van der Waals surface area contributed by atoms with E-state index in [0.29, 0.717) is 0 Å². The lowest BCUT2D eigenvalue weighted by atomic mass is 9.64. The van der Waals surface area contributed by atoms with Crippen LogP contribution in [0.3, 0.4) is 0 Å². The minimum Gasteiger partial charge on any atom is -0.312 e. The minimum absolute atomic E-state index is 0.726. The Morgan fingerprint density at radius 1 is 0.694 bits per heavy atom. The summed E-state index contributed by atoms with van der Waals surface area (Å²) in [7, 11) is 1.37. The van der Waals surface area contributed by atoms with Gasteiger partial charge in [0, 0.05) is 7.92 Å². The Balaban J connectivity index is 1.42. The van der Waals surface area contributed by atoms with Gasteiger partial charge < -0.3 is 4.57 Å². The monoisotopic (exact) mass is 477 g/mol. The molecule has 0 saturated carbocycles. The summed E-state index contributed by atoms with van der Waals surface area (Å²) in [6.45, 7) is 0.726. The Kier molecular flexibility index (Phi) is 6.36. The highest BCUT2D eigenvalue weighted by molar-refractivity contribution is 7.79. The fourth-order valence-corrected chi connectivity index (χ4v) is 6.76. The Bertz CT molecular complexity index is 1640. The van der Waals surface area contributed by atoms with Crippen molar-refractivity contribution in [3.8, 4) is 0 Å². The summed E-state index contributed by atoms with van der Waals surface area (Å²) in [5, 5.41) is 4.52. The van der Waals surface area contributed by atoms with E-state index in [2.05, 4.69) is 133 Å². The van der Waals surface area contributed by atoms with Crippen LogP contribution in [0, 0.1) is 0 Å². The van der Waals surface area contributed by atoms with Gasteiger partial charge in [0.2, 0.25) is 0 Å². The summed E-state index contributed by atoms with van der Waals surface area (Å²) in [6, 6.07) is 40.7. The molecule has 6 rings (SSSR count). The van der Waals surface area contributed by atoms with E-state index in [1.807, 2.05) is 18.2 Å². The minimum atomic E-state index is -0.838. The number of nitrogens with zero attached hydrogens (tertiary/aromatic N) is 2. The third-order valence-corrected chi connectivity index (χ3v) is 8.54. The molecule has 0 N–H and O–H groups in total. The zero-order valence-corrected chi connectivity index (χ0v) is 20.6. The molecule has 1 aromatic heterocycles. The van der Waals surface area contributed by atoms with Crippen molar-refractivity contribution in [2.24, 2.45) is 0 Å². The second-order valence-electron chi connectivity index (χ2n) is 8.64. The van der Waals surface area contributed by atoms with Crippen molar-refractivity contribution in [1.82, 2.24) is 9.55 Å². The molecule has 0 bridgehead atoms. The smallest absolute Gasteiger partial charge is 0.191 e. The molecule has 0 atom stereocenters. The lowest BCUT2D eigenvalue weighted by molar-refractivity contribution is 0.799. The maximum Gasteiger partial charge on any atom is 0.191 e. The lowest BCUT2D eigenvalue weighted by Crippen LogP contribution is -2.34. The van der Waals surface area contributed by atoms with Gasteiger partial charge in [0.15, 0.2) is 7.28 Å². The van der Waals surface area contributed by atoms with Gasteiger partial charge in [0.05, 0.1) is 11.9 Å². The van der Waals surface area contributed by atoms with Gasteiger partial charge in [-0.25, -0.2) is 4.98 Å². The summed E-state index contributed by atoms with van der Waals surface area (Å²) >= 11 is 0. The fraction of sp³-hybridized carbons (Fsp3) is 0.0312. The highest BCUT2D eigenvalue weighted by Crippen LogP contribution is 2.31. The Morgan fingerprint density at radius 2 is 1.28 bits per heavy atom. The van der Waals surface area contributed by atoms with E-state index in [-0.39, 0.29) is 0 Å². The number of hydrogen-bond donors (Lipinski definition) is 0. The molecule has 2 nitrogen and oxygen atoms in total. The standard InChI is InChI=1S/C32H23BN2P/c1-4-12-26(13-5-1)33-27-22-20-25(21-23-27)24-35-31-19-11-10-18-30(31)34-32(35)36(28-14-6-2-7-15-28)29-16-8-3-9-17-29/h1-10,12-18,20-23H,24H2. The van der Waals surface area contributed by atoms with Crippen LogP contribution in [-0.2, 0) is 6.54 Å². The third-order valence-electron chi connectivity index (χ3n) is 6.17. The molecule has 0 fully saturated rings. The molecule has 4 aromatic carbocycles. The average Bonchev–Trinajstić information content (AvgIpc) is 3.29. The van der Waals surface area contributed by atoms with E-state index in [1.165, 1.54) is 27.1 Å². The van der Waals surface area contributed by atoms with Crippen LogP contribution in [-0.4, -0.2) is 16.8 Å². The van der Waals surface area contributed by atoms with Gasteiger partial charge in [-0.2, -0.15) is 0 Å². The Hall–Kier alpha value is -4.12. The molecule has 0 aliphatic heterocycles. The number of fused-ring (bicyclic) bond motifs is 1. The fourth-order valence-electron chi connectivity index (χ4n) is 4.44. The molecule has 5 aromatic rings. The zero-order valence-electron chi connectivity index (χ0n) is 19.8. The van der Waals surface area contributed by atoms with Gasteiger partial charge in [-0.1, -0.05) is 132 Å². The molecule has 0 spiro atoms. The SMILES string of the molecule is [B](c1ccccc1)c1ccc(Cn2c(P(c3ccccc3)c3ccccc3)nc3c2=C=C=CC=3)cc1. The van der Waals surface area contributed by atoms with Crippen LogP contribution in [0.2, 0.25) is 0 Å². The number of imidazole rings is 1. The molecule has 169 valence electrons. The molecule has 1 heterocycles. The number of allylic oxidation sites excluding steroid dienone is 1. The van der Waals surface area contributed by atoms with E-state index >= 15 is 0 Å². The van der Waals surface area contributed by atoms with Crippen molar-refractivity contribution in [3.63, 3.8) is 0 Å². The number of rotatable bonds is 7. The first-order valence-corrected chi connectivity index (χ1v) is 13.4. The number of hydrogen-bond acceptors (Lipinski definition) is 1. The van der Waals surface area contributed by atoms with Crippen LogP contribution in [0.5, 0.6) is 0 Å². The summed E-state index contributed by atoms with van der Waals surface area (Å²) in [5.74, 6) is 0. The van der Waals surface area contributed by atoms with E-state index < -0.39 is 7.92 Å². The van der Waals surface area contributed by atoms with E-state index in [4.69, 9.17) is 4.98 Å². The first-order valence-electron chi connectivity index (χ1n) is 12.0. The molecule has 1 radical (unpaired) electrons. The Morgan fingerprint density at radius 3 is 1.92 bits per heavy atom.